The van der Waals surface area contributed by atoms with Crippen LogP contribution in [0.5, 0.6) is 0 Å². The van der Waals surface area contributed by atoms with E-state index in [0.29, 0.717) is 35.7 Å². The van der Waals surface area contributed by atoms with Gasteiger partial charge < -0.3 is 9.80 Å². The van der Waals surface area contributed by atoms with Gasteiger partial charge in [-0.15, -0.1) is 0 Å². The number of alkyl halides is 3. The summed E-state index contributed by atoms with van der Waals surface area (Å²) in [6.45, 7) is 4.64. The number of nitrogens with zero attached hydrogens (tertiary/aromatic N) is 4. The molecular weight excluding hydrogens is 373 g/mol. The van der Waals surface area contributed by atoms with Gasteiger partial charge in [-0.3, -0.25) is 14.3 Å². The maximum Gasteiger partial charge on any atom is 0.416 e. The number of Topliss-reactive ketones (excluding diaryl/α,β-unsaturated/α-hetero) is 1. The molecule has 28 heavy (non-hydrogen) atoms. The van der Waals surface area contributed by atoms with E-state index in [1.165, 1.54) is 11.0 Å². The van der Waals surface area contributed by atoms with Crippen LogP contribution in [0.1, 0.15) is 27.3 Å². The van der Waals surface area contributed by atoms with Gasteiger partial charge in [-0.1, -0.05) is 6.07 Å². The molecule has 0 bridgehead atoms. The Morgan fingerprint density at radius 3 is 2.25 bits per heavy atom. The van der Waals surface area contributed by atoms with Crippen LogP contribution in [-0.2, 0) is 18.0 Å². The van der Waals surface area contributed by atoms with E-state index in [9.17, 15) is 22.8 Å². The van der Waals surface area contributed by atoms with Crippen LogP contribution in [-0.4, -0.2) is 52.5 Å². The normalized spacial score (nSPS) is 15.1. The smallest absolute Gasteiger partial charge is 0.368 e. The molecule has 1 fully saturated rings. The van der Waals surface area contributed by atoms with Gasteiger partial charge in [-0.25, -0.2) is 0 Å². The fourth-order valence-corrected chi connectivity index (χ4v) is 3.40. The number of hydrogen-bond acceptors (Lipinski definition) is 4. The van der Waals surface area contributed by atoms with Crippen LogP contribution in [0.25, 0.3) is 0 Å². The number of halogens is 3. The van der Waals surface area contributed by atoms with Gasteiger partial charge in [0.25, 0.3) is 11.7 Å². The molecule has 0 unspecified atom stereocenters. The first kappa shape index (κ1) is 19.9. The number of benzene rings is 1. The SMILES string of the molecule is Cc1nn(C)c(C)c1C(=O)C(=O)N1CCN(c2cccc(C(F)(F)F)c2)CC1. The third-order valence-electron chi connectivity index (χ3n) is 5.04. The number of aryl methyl sites for hydroxylation is 2. The number of carbonyl (C=O) groups is 2. The number of amides is 1. The summed E-state index contributed by atoms with van der Waals surface area (Å²) in [6, 6.07) is 5.11. The van der Waals surface area contributed by atoms with Crippen LogP contribution < -0.4 is 4.90 Å². The molecule has 0 radical (unpaired) electrons. The Kier molecular flexibility index (Phi) is 5.18. The highest BCUT2D eigenvalue weighted by molar-refractivity contribution is 6.43. The predicted octanol–water partition coefficient (Wildman–Crippen LogP) is 2.59. The lowest BCUT2D eigenvalue weighted by Crippen LogP contribution is -2.50. The number of aromatic nitrogens is 2. The van der Waals surface area contributed by atoms with Crippen LogP contribution in [0.4, 0.5) is 18.9 Å². The summed E-state index contributed by atoms with van der Waals surface area (Å²) in [5.41, 5.74) is 1.18. The van der Waals surface area contributed by atoms with E-state index in [0.717, 1.165) is 12.1 Å². The van der Waals surface area contributed by atoms with Crippen LogP contribution in [0.3, 0.4) is 0 Å². The van der Waals surface area contributed by atoms with Gasteiger partial charge in [0.1, 0.15) is 0 Å². The van der Waals surface area contributed by atoms with Crippen molar-refractivity contribution >= 4 is 17.4 Å². The average molecular weight is 394 g/mol. The van der Waals surface area contributed by atoms with Crippen LogP contribution >= 0.6 is 0 Å². The molecule has 0 saturated carbocycles. The van der Waals surface area contributed by atoms with E-state index < -0.39 is 23.4 Å². The fourth-order valence-electron chi connectivity index (χ4n) is 3.40. The standard InChI is InChI=1S/C19H21F3N4O2/c1-12-16(13(2)24(3)23-12)17(27)18(28)26-9-7-25(8-10-26)15-6-4-5-14(11-15)19(20,21)22/h4-6,11H,7-10H2,1-3H3. The van der Waals surface area contributed by atoms with Crippen molar-refractivity contribution in [3.8, 4) is 0 Å². The summed E-state index contributed by atoms with van der Waals surface area (Å²) in [5.74, 6) is -1.21. The molecule has 0 N–H and O–H groups in total. The summed E-state index contributed by atoms with van der Waals surface area (Å²) in [6.07, 6.45) is -4.40. The zero-order chi connectivity index (χ0) is 20.6. The number of rotatable bonds is 3. The Morgan fingerprint density at radius 2 is 1.71 bits per heavy atom. The maximum atomic E-state index is 12.9. The van der Waals surface area contributed by atoms with Crippen molar-refractivity contribution in [3.63, 3.8) is 0 Å². The van der Waals surface area contributed by atoms with Gasteiger partial charge in [0.15, 0.2) is 0 Å². The van der Waals surface area contributed by atoms with Crippen molar-refractivity contribution in [2.75, 3.05) is 31.1 Å². The molecule has 3 rings (SSSR count). The third kappa shape index (κ3) is 3.74. The van der Waals surface area contributed by atoms with Gasteiger partial charge in [0.05, 0.1) is 16.8 Å². The van der Waals surface area contributed by atoms with Gasteiger partial charge >= 0.3 is 6.18 Å². The zero-order valence-electron chi connectivity index (χ0n) is 15.9. The van der Waals surface area contributed by atoms with Crippen molar-refractivity contribution in [2.45, 2.75) is 20.0 Å². The lowest BCUT2D eigenvalue weighted by atomic mass is 10.1. The first-order valence-electron chi connectivity index (χ1n) is 8.85. The van der Waals surface area contributed by atoms with Crippen molar-refractivity contribution in [1.82, 2.24) is 14.7 Å². The summed E-state index contributed by atoms with van der Waals surface area (Å²) < 4.78 is 40.3. The van der Waals surface area contributed by atoms with E-state index >= 15 is 0 Å². The molecule has 1 aromatic heterocycles. The maximum absolute atomic E-state index is 12.9. The first-order valence-corrected chi connectivity index (χ1v) is 8.85. The molecule has 150 valence electrons. The second-order valence-electron chi connectivity index (χ2n) is 6.83. The minimum absolute atomic E-state index is 0.263. The molecule has 1 aromatic carbocycles. The highest BCUT2D eigenvalue weighted by atomic mass is 19.4. The predicted molar refractivity (Wildman–Crippen MR) is 97.2 cm³/mol. The quantitative estimate of drug-likeness (QED) is 0.593. The molecule has 2 heterocycles. The third-order valence-corrected chi connectivity index (χ3v) is 5.04. The molecule has 6 nitrogen and oxygen atoms in total. The van der Waals surface area contributed by atoms with Gasteiger partial charge in [0.2, 0.25) is 0 Å². The average Bonchev–Trinajstić information content (AvgIpc) is 2.92. The number of carbonyl (C=O) groups excluding carboxylic acids is 2. The molecule has 9 heteroatoms. The van der Waals surface area contributed by atoms with Crippen LogP contribution in [0, 0.1) is 13.8 Å². The molecular formula is C19H21F3N4O2. The molecule has 0 spiro atoms. The number of hydrogen-bond donors (Lipinski definition) is 0. The number of piperazine rings is 1. The van der Waals surface area contributed by atoms with Crippen molar-refractivity contribution in [1.29, 1.82) is 0 Å². The molecule has 1 amide bonds. The fraction of sp³-hybridized carbons (Fsp3) is 0.421. The Bertz CT molecular complexity index is 912. The molecule has 1 saturated heterocycles. The van der Waals surface area contributed by atoms with E-state index in [1.54, 1.807) is 36.5 Å². The lowest BCUT2D eigenvalue weighted by molar-refractivity contribution is -0.137. The molecule has 0 atom stereocenters. The Hall–Kier alpha value is -2.84. The summed E-state index contributed by atoms with van der Waals surface area (Å²) in [5, 5.41) is 4.16. The van der Waals surface area contributed by atoms with Crippen molar-refractivity contribution < 1.29 is 22.8 Å². The highest BCUT2D eigenvalue weighted by Crippen LogP contribution is 2.32. The minimum atomic E-state index is -4.40. The topological polar surface area (TPSA) is 58.4 Å². The van der Waals surface area contributed by atoms with E-state index in [2.05, 4.69) is 5.10 Å². The zero-order valence-corrected chi connectivity index (χ0v) is 15.9. The Labute approximate surface area is 160 Å². The number of ketones is 1. The van der Waals surface area contributed by atoms with E-state index in [1.807, 2.05) is 0 Å². The summed E-state index contributed by atoms with van der Waals surface area (Å²) in [7, 11) is 1.71. The van der Waals surface area contributed by atoms with Gasteiger partial charge in [0, 0.05) is 44.6 Å². The van der Waals surface area contributed by atoms with E-state index in [4.69, 9.17) is 0 Å². The molecule has 1 aliphatic rings. The largest absolute Gasteiger partial charge is 0.416 e. The van der Waals surface area contributed by atoms with E-state index in [-0.39, 0.29) is 13.1 Å². The van der Waals surface area contributed by atoms with Crippen molar-refractivity contribution in [3.05, 3.63) is 46.8 Å². The molecule has 0 aliphatic carbocycles. The molecule has 1 aliphatic heterocycles. The lowest BCUT2D eigenvalue weighted by Gasteiger charge is -2.36. The minimum Gasteiger partial charge on any atom is -0.368 e. The van der Waals surface area contributed by atoms with Gasteiger partial charge in [-0.2, -0.15) is 18.3 Å². The monoisotopic (exact) mass is 394 g/mol. The van der Waals surface area contributed by atoms with Crippen LogP contribution in [0.15, 0.2) is 24.3 Å². The van der Waals surface area contributed by atoms with Crippen molar-refractivity contribution in [2.24, 2.45) is 7.05 Å². The summed E-state index contributed by atoms with van der Waals surface area (Å²) in [4.78, 5) is 28.5. The Balaban J connectivity index is 1.68. The highest BCUT2D eigenvalue weighted by Gasteiger charge is 2.32. The summed E-state index contributed by atoms with van der Waals surface area (Å²) >= 11 is 0. The molecule has 2 aromatic rings. The van der Waals surface area contributed by atoms with Gasteiger partial charge in [-0.05, 0) is 32.0 Å². The Morgan fingerprint density at radius 1 is 1.07 bits per heavy atom. The first-order chi connectivity index (χ1) is 13.1. The number of anilines is 1. The second kappa shape index (κ2) is 7.29. The second-order valence-corrected chi connectivity index (χ2v) is 6.83. The van der Waals surface area contributed by atoms with Crippen LogP contribution in [0.2, 0.25) is 0 Å².